The molecule has 0 fully saturated rings. The fourth-order valence-corrected chi connectivity index (χ4v) is 2.92. The zero-order chi connectivity index (χ0) is 17.3. The number of benzene rings is 2. The van der Waals surface area contributed by atoms with Crippen LogP contribution in [0.15, 0.2) is 53.6 Å². The number of methoxy groups -OCH3 is 1. The van der Waals surface area contributed by atoms with Gasteiger partial charge in [-0.2, -0.15) is 0 Å². The summed E-state index contributed by atoms with van der Waals surface area (Å²) in [6, 6.07) is 10.9. The van der Waals surface area contributed by atoms with Crippen molar-refractivity contribution in [3.63, 3.8) is 0 Å². The average Bonchev–Trinajstić information content (AvgIpc) is 2.54. The van der Waals surface area contributed by atoms with Gasteiger partial charge in [-0.3, -0.25) is 4.98 Å². The molecule has 0 spiro atoms. The van der Waals surface area contributed by atoms with Gasteiger partial charge in [0.15, 0.2) is 11.6 Å². The van der Waals surface area contributed by atoms with Crippen molar-refractivity contribution in [3.05, 3.63) is 54.5 Å². The van der Waals surface area contributed by atoms with E-state index >= 15 is 0 Å². The van der Waals surface area contributed by atoms with E-state index < -0.39 is 15.5 Å². The van der Waals surface area contributed by atoms with Gasteiger partial charge in [0.05, 0.1) is 22.4 Å². The smallest absolute Gasteiger partial charge is 0.165 e. The van der Waals surface area contributed by atoms with E-state index in [9.17, 15) is 8.60 Å². The van der Waals surface area contributed by atoms with Crippen molar-refractivity contribution in [1.29, 1.82) is 4.78 Å². The Morgan fingerprint density at radius 1 is 1.12 bits per heavy atom. The van der Waals surface area contributed by atoms with Crippen LogP contribution in [0.1, 0.15) is 0 Å². The van der Waals surface area contributed by atoms with Gasteiger partial charge in [0.1, 0.15) is 11.5 Å². The summed E-state index contributed by atoms with van der Waals surface area (Å²) in [4.78, 5) is 4.61. The molecule has 0 aliphatic heterocycles. The lowest BCUT2D eigenvalue weighted by Crippen LogP contribution is -1.95. The summed E-state index contributed by atoms with van der Waals surface area (Å²) < 4.78 is 44.0. The third kappa shape index (κ3) is 3.16. The molecule has 0 saturated heterocycles. The Morgan fingerprint density at radius 2 is 1.83 bits per heavy atom. The maximum atomic E-state index is 14.0. The van der Waals surface area contributed by atoms with Gasteiger partial charge >= 0.3 is 0 Å². The fraction of sp³-hybridized carbons (Fsp3) is 0.118. The number of rotatable bonds is 4. The maximum absolute atomic E-state index is 14.0. The molecule has 0 amide bonds. The summed E-state index contributed by atoms with van der Waals surface area (Å²) in [7, 11) is -1.38. The van der Waals surface area contributed by atoms with Crippen molar-refractivity contribution in [2.45, 2.75) is 4.90 Å². The molecule has 1 heterocycles. The first-order valence-corrected chi connectivity index (χ1v) is 8.99. The molecule has 0 bridgehead atoms. The Balaban J connectivity index is 1.99. The van der Waals surface area contributed by atoms with E-state index in [1.54, 1.807) is 36.5 Å². The molecule has 1 atom stereocenters. The Kier molecular flexibility index (Phi) is 4.11. The molecule has 24 heavy (non-hydrogen) atoms. The minimum atomic E-state index is -2.77. The van der Waals surface area contributed by atoms with E-state index in [2.05, 4.69) is 4.98 Å². The van der Waals surface area contributed by atoms with E-state index in [0.717, 1.165) is 0 Å². The van der Waals surface area contributed by atoms with Crippen molar-refractivity contribution < 1.29 is 18.1 Å². The number of fused-ring (bicyclic) bond motifs is 1. The number of hydrogen-bond donors (Lipinski definition) is 1. The first-order chi connectivity index (χ1) is 11.4. The Morgan fingerprint density at radius 3 is 2.46 bits per heavy atom. The zero-order valence-corrected chi connectivity index (χ0v) is 13.9. The van der Waals surface area contributed by atoms with Crippen LogP contribution in [-0.2, 0) is 9.73 Å². The molecule has 3 aromatic rings. The van der Waals surface area contributed by atoms with Gasteiger partial charge in [0.25, 0.3) is 0 Å². The highest BCUT2D eigenvalue weighted by atomic mass is 32.2. The summed E-state index contributed by atoms with van der Waals surface area (Å²) in [6.07, 6.45) is 2.92. The van der Waals surface area contributed by atoms with Crippen molar-refractivity contribution in [1.82, 2.24) is 4.98 Å². The lowest BCUT2D eigenvalue weighted by Gasteiger charge is -2.10. The second-order valence-corrected chi connectivity index (χ2v) is 7.39. The summed E-state index contributed by atoms with van der Waals surface area (Å²) in [5, 5.41) is 0.514. The van der Waals surface area contributed by atoms with Crippen molar-refractivity contribution in [2.75, 3.05) is 13.4 Å². The predicted molar refractivity (Wildman–Crippen MR) is 89.8 cm³/mol. The Labute approximate surface area is 139 Å². The standard InChI is InChI=1S/C17H15FN2O3S/c1-22-17-10-15-13(9-14(17)18)16(7-8-20-15)23-11-3-5-12(6-4-11)24(2,19)21/h3-10,19H,1-2H3. The van der Waals surface area contributed by atoms with E-state index in [-0.39, 0.29) is 5.75 Å². The second kappa shape index (κ2) is 6.09. The highest BCUT2D eigenvalue weighted by molar-refractivity contribution is 7.91. The van der Waals surface area contributed by atoms with Crippen LogP contribution < -0.4 is 9.47 Å². The van der Waals surface area contributed by atoms with Crippen LogP contribution >= 0.6 is 0 Å². The van der Waals surface area contributed by atoms with Gasteiger partial charge in [0, 0.05) is 28.8 Å². The molecule has 1 N–H and O–H groups in total. The number of hydrogen-bond acceptors (Lipinski definition) is 5. The molecule has 1 aromatic heterocycles. The molecule has 7 heteroatoms. The summed E-state index contributed by atoms with van der Waals surface area (Å²) in [5.41, 5.74) is 0.546. The third-order valence-corrected chi connectivity index (χ3v) is 4.65. The first kappa shape index (κ1) is 16.2. The molecule has 0 aliphatic carbocycles. The van der Waals surface area contributed by atoms with Crippen molar-refractivity contribution >= 4 is 20.6 Å². The molecule has 0 saturated carbocycles. The largest absolute Gasteiger partial charge is 0.494 e. The van der Waals surface area contributed by atoms with Gasteiger partial charge in [-0.05, 0) is 36.4 Å². The van der Waals surface area contributed by atoms with E-state index in [4.69, 9.17) is 14.3 Å². The van der Waals surface area contributed by atoms with Crippen LogP contribution in [0.4, 0.5) is 4.39 Å². The van der Waals surface area contributed by atoms with Gasteiger partial charge in [0.2, 0.25) is 0 Å². The minimum absolute atomic E-state index is 0.115. The van der Waals surface area contributed by atoms with Gasteiger partial charge in [-0.15, -0.1) is 0 Å². The highest BCUT2D eigenvalue weighted by Gasteiger charge is 2.11. The van der Waals surface area contributed by atoms with Crippen LogP contribution in [0.2, 0.25) is 0 Å². The predicted octanol–water partition coefficient (Wildman–Crippen LogP) is 4.21. The minimum Gasteiger partial charge on any atom is -0.494 e. The SMILES string of the molecule is COc1cc2nccc(Oc3ccc(S(C)(=N)=O)cc3)c2cc1F. The van der Waals surface area contributed by atoms with Crippen molar-refractivity contribution in [3.8, 4) is 17.2 Å². The average molecular weight is 346 g/mol. The molecule has 0 aliphatic rings. The molecule has 2 aromatic carbocycles. The molecule has 5 nitrogen and oxygen atoms in total. The van der Waals surface area contributed by atoms with Crippen molar-refractivity contribution in [2.24, 2.45) is 0 Å². The van der Waals surface area contributed by atoms with Crippen LogP contribution in [0.25, 0.3) is 10.9 Å². The summed E-state index contributed by atoms with van der Waals surface area (Å²) in [5.74, 6) is 0.548. The number of pyridine rings is 1. The molecule has 0 radical (unpaired) electrons. The number of nitrogens with zero attached hydrogens (tertiary/aromatic N) is 1. The molecular formula is C17H15FN2O3S. The summed E-state index contributed by atoms with van der Waals surface area (Å²) >= 11 is 0. The van der Waals surface area contributed by atoms with Gasteiger partial charge in [-0.25, -0.2) is 13.4 Å². The van der Waals surface area contributed by atoms with Crippen LogP contribution in [0.3, 0.4) is 0 Å². The number of halogens is 1. The molecule has 1 unspecified atom stereocenters. The molecule has 3 rings (SSSR count). The lowest BCUT2D eigenvalue weighted by atomic mass is 10.2. The van der Waals surface area contributed by atoms with E-state index in [1.165, 1.54) is 25.5 Å². The van der Waals surface area contributed by atoms with E-state index in [0.29, 0.717) is 27.3 Å². The van der Waals surface area contributed by atoms with Crippen LogP contribution in [-0.4, -0.2) is 22.6 Å². The number of ether oxygens (including phenoxy) is 2. The van der Waals surface area contributed by atoms with Crippen LogP contribution in [0.5, 0.6) is 17.2 Å². The Bertz CT molecular complexity index is 1000. The lowest BCUT2D eigenvalue weighted by molar-refractivity contribution is 0.387. The maximum Gasteiger partial charge on any atom is 0.165 e. The topological polar surface area (TPSA) is 72.3 Å². The van der Waals surface area contributed by atoms with Gasteiger partial charge < -0.3 is 9.47 Å². The Hall–Kier alpha value is -2.67. The van der Waals surface area contributed by atoms with Crippen LogP contribution in [0, 0.1) is 10.6 Å². The molecular weight excluding hydrogens is 331 g/mol. The highest BCUT2D eigenvalue weighted by Crippen LogP contribution is 2.32. The second-order valence-electron chi connectivity index (χ2n) is 5.23. The zero-order valence-electron chi connectivity index (χ0n) is 13.1. The summed E-state index contributed by atoms with van der Waals surface area (Å²) in [6.45, 7) is 0. The quantitative estimate of drug-likeness (QED) is 0.768. The van der Waals surface area contributed by atoms with Gasteiger partial charge in [-0.1, -0.05) is 0 Å². The normalized spacial score (nSPS) is 13.5. The monoisotopic (exact) mass is 346 g/mol. The number of aromatic nitrogens is 1. The molecule has 124 valence electrons. The number of nitrogens with one attached hydrogen (secondary N) is 1. The van der Waals surface area contributed by atoms with E-state index in [1.807, 2.05) is 0 Å². The fourth-order valence-electron chi connectivity index (χ4n) is 2.26. The third-order valence-electron chi connectivity index (χ3n) is 3.48. The first-order valence-electron chi connectivity index (χ1n) is 7.02.